The standard InChI is InChI=1S/C24H33N3O8S/c1-16(2)35-22(25-36(33,34)19-13-9-12-18(15-19)27(31)32)21(28)20(14-17-10-7-6-8-11-17)26(23(29)30)24(3,4)5/h6-13,15-16,20-22,25,28H,14H2,1-5H3,(H,29,30)/t20-,21+,22?/m0/s1. The Balaban J connectivity index is 2.53. The Hall–Kier alpha value is -3.06. The van der Waals surface area contributed by atoms with Crippen molar-refractivity contribution in [3.05, 3.63) is 70.3 Å². The van der Waals surface area contributed by atoms with Gasteiger partial charge in [-0.1, -0.05) is 36.4 Å². The van der Waals surface area contributed by atoms with E-state index in [9.17, 15) is 33.5 Å². The molecule has 0 radical (unpaired) electrons. The maximum atomic E-state index is 13.1. The van der Waals surface area contributed by atoms with Gasteiger partial charge in [0.15, 0.2) is 0 Å². The highest BCUT2D eigenvalue weighted by atomic mass is 32.2. The summed E-state index contributed by atoms with van der Waals surface area (Å²) in [5.41, 5.74) is -0.651. The zero-order chi connectivity index (χ0) is 27.3. The lowest BCUT2D eigenvalue weighted by molar-refractivity contribution is -0.385. The van der Waals surface area contributed by atoms with Gasteiger partial charge in [-0.15, -0.1) is 0 Å². The Morgan fingerprint density at radius 1 is 1.14 bits per heavy atom. The fraction of sp³-hybridized carbons (Fsp3) is 0.458. The van der Waals surface area contributed by atoms with Crippen LogP contribution in [0, 0.1) is 10.1 Å². The van der Waals surface area contributed by atoms with Crippen molar-refractivity contribution < 1.29 is 33.1 Å². The first kappa shape index (κ1) is 29.2. The van der Waals surface area contributed by atoms with Crippen LogP contribution >= 0.6 is 0 Å². The third kappa shape index (κ3) is 7.72. The monoisotopic (exact) mass is 523 g/mol. The Labute approximate surface area is 210 Å². The molecule has 36 heavy (non-hydrogen) atoms. The van der Waals surface area contributed by atoms with Gasteiger partial charge in [-0.2, -0.15) is 4.72 Å². The predicted molar refractivity (Wildman–Crippen MR) is 133 cm³/mol. The first-order chi connectivity index (χ1) is 16.6. The van der Waals surface area contributed by atoms with Crippen LogP contribution < -0.4 is 4.72 Å². The number of aliphatic hydroxyl groups excluding tert-OH is 1. The Morgan fingerprint density at radius 3 is 2.25 bits per heavy atom. The number of benzene rings is 2. The number of rotatable bonds is 11. The van der Waals surface area contributed by atoms with Gasteiger partial charge < -0.3 is 14.9 Å². The number of carboxylic acid groups (broad SMARTS) is 1. The van der Waals surface area contributed by atoms with Gasteiger partial charge in [0, 0.05) is 17.7 Å². The molecule has 0 saturated heterocycles. The van der Waals surface area contributed by atoms with Crippen molar-refractivity contribution in [2.24, 2.45) is 0 Å². The van der Waals surface area contributed by atoms with E-state index in [1.807, 2.05) is 0 Å². The van der Waals surface area contributed by atoms with E-state index in [4.69, 9.17) is 4.74 Å². The minimum absolute atomic E-state index is 0.0715. The van der Waals surface area contributed by atoms with E-state index >= 15 is 0 Å². The first-order valence-corrected chi connectivity index (χ1v) is 12.8. The normalized spacial score (nSPS) is 14.8. The lowest BCUT2D eigenvalue weighted by atomic mass is 9.94. The zero-order valence-electron chi connectivity index (χ0n) is 20.9. The average Bonchev–Trinajstić information content (AvgIpc) is 2.77. The summed E-state index contributed by atoms with van der Waals surface area (Å²) >= 11 is 0. The van der Waals surface area contributed by atoms with Gasteiger partial charge in [-0.3, -0.25) is 15.0 Å². The number of nitro benzene ring substituents is 1. The number of hydrogen-bond donors (Lipinski definition) is 3. The molecule has 0 aliphatic carbocycles. The SMILES string of the molecule is CC(C)OC(NS(=O)(=O)c1cccc([N+](=O)[O-])c1)[C@H](O)[C@H](Cc1ccccc1)N(C(=O)O)C(C)(C)C. The summed E-state index contributed by atoms with van der Waals surface area (Å²) < 4.78 is 34.3. The number of carbonyl (C=O) groups is 1. The molecule has 2 rings (SSSR count). The molecule has 2 aromatic carbocycles. The lowest BCUT2D eigenvalue weighted by Crippen LogP contribution is -2.61. The van der Waals surface area contributed by atoms with Gasteiger partial charge in [-0.05, 0) is 52.7 Å². The molecule has 3 atom stereocenters. The molecule has 1 amide bonds. The molecular weight excluding hydrogens is 490 g/mol. The van der Waals surface area contributed by atoms with E-state index in [2.05, 4.69) is 4.72 Å². The van der Waals surface area contributed by atoms with Crippen molar-refractivity contribution in [1.29, 1.82) is 0 Å². The molecule has 0 aromatic heterocycles. The molecule has 0 aliphatic heterocycles. The van der Waals surface area contributed by atoms with E-state index in [0.717, 1.165) is 22.6 Å². The van der Waals surface area contributed by atoms with E-state index in [-0.39, 0.29) is 6.42 Å². The fourth-order valence-electron chi connectivity index (χ4n) is 3.80. The van der Waals surface area contributed by atoms with Crippen LogP contribution in [0.3, 0.4) is 0 Å². The number of nitrogens with zero attached hydrogens (tertiary/aromatic N) is 2. The minimum atomic E-state index is -4.40. The van der Waals surface area contributed by atoms with Crippen LogP contribution in [0.1, 0.15) is 40.2 Å². The van der Waals surface area contributed by atoms with Gasteiger partial charge >= 0.3 is 6.09 Å². The lowest BCUT2D eigenvalue weighted by Gasteiger charge is -2.43. The van der Waals surface area contributed by atoms with E-state index in [0.29, 0.717) is 0 Å². The molecule has 0 fully saturated rings. The summed E-state index contributed by atoms with van der Waals surface area (Å²) in [4.78, 5) is 23.4. The van der Waals surface area contributed by atoms with Crippen molar-refractivity contribution in [3.8, 4) is 0 Å². The van der Waals surface area contributed by atoms with Gasteiger partial charge in [0.1, 0.15) is 12.3 Å². The summed E-state index contributed by atoms with van der Waals surface area (Å²) in [7, 11) is -4.40. The summed E-state index contributed by atoms with van der Waals surface area (Å²) in [6.45, 7) is 8.25. The molecule has 3 N–H and O–H groups in total. The smallest absolute Gasteiger partial charge is 0.408 e. The molecular formula is C24H33N3O8S. The molecule has 198 valence electrons. The second-order valence-electron chi connectivity index (χ2n) is 9.55. The number of non-ortho nitro benzene ring substituents is 1. The highest BCUT2D eigenvalue weighted by molar-refractivity contribution is 7.89. The topological polar surface area (TPSA) is 159 Å². The second-order valence-corrected chi connectivity index (χ2v) is 11.3. The Bertz CT molecular complexity index is 1150. The molecule has 11 nitrogen and oxygen atoms in total. The van der Waals surface area contributed by atoms with Crippen LogP contribution in [0.15, 0.2) is 59.5 Å². The number of nitro groups is 1. The van der Waals surface area contributed by atoms with Crippen LogP contribution in [-0.2, 0) is 21.2 Å². The molecule has 12 heteroatoms. The van der Waals surface area contributed by atoms with Crippen LogP contribution in [0.25, 0.3) is 0 Å². The van der Waals surface area contributed by atoms with Crippen molar-refractivity contribution in [2.45, 2.75) is 76.0 Å². The van der Waals surface area contributed by atoms with Crippen molar-refractivity contribution in [3.63, 3.8) is 0 Å². The highest BCUT2D eigenvalue weighted by Crippen LogP contribution is 2.26. The van der Waals surface area contributed by atoms with Gasteiger partial charge in [0.2, 0.25) is 10.0 Å². The van der Waals surface area contributed by atoms with Crippen molar-refractivity contribution in [1.82, 2.24) is 9.62 Å². The van der Waals surface area contributed by atoms with Crippen LogP contribution in [0.4, 0.5) is 10.5 Å². The summed E-state index contributed by atoms with van der Waals surface area (Å²) in [6, 6.07) is 12.2. The zero-order valence-corrected chi connectivity index (χ0v) is 21.7. The van der Waals surface area contributed by atoms with E-state index in [1.54, 1.807) is 65.0 Å². The Kier molecular flexibility index (Phi) is 9.55. The average molecular weight is 524 g/mol. The number of aliphatic hydroxyl groups is 1. The first-order valence-electron chi connectivity index (χ1n) is 11.3. The maximum absolute atomic E-state index is 13.1. The van der Waals surface area contributed by atoms with Gasteiger partial charge in [0.05, 0.1) is 22.0 Å². The highest BCUT2D eigenvalue weighted by Gasteiger charge is 2.42. The van der Waals surface area contributed by atoms with E-state index < -0.39 is 61.6 Å². The number of ether oxygens (including phenoxy) is 1. The predicted octanol–water partition coefficient (Wildman–Crippen LogP) is 3.37. The molecule has 0 bridgehead atoms. The minimum Gasteiger partial charge on any atom is -0.465 e. The number of sulfonamides is 1. The number of hydrogen-bond acceptors (Lipinski definition) is 7. The quantitative estimate of drug-likeness (QED) is 0.230. The fourth-order valence-corrected chi connectivity index (χ4v) is 4.98. The Morgan fingerprint density at radius 2 is 1.75 bits per heavy atom. The molecule has 0 spiro atoms. The summed E-state index contributed by atoms with van der Waals surface area (Å²) in [5.74, 6) is 0. The van der Waals surface area contributed by atoms with Crippen LogP contribution in [0.5, 0.6) is 0 Å². The molecule has 0 heterocycles. The molecule has 0 saturated carbocycles. The van der Waals surface area contributed by atoms with Crippen molar-refractivity contribution in [2.75, 3.05) is 0 Å². The largest absolute Gasteiger partial charge is 0.465 e. The van der Waals surface area contributed by atoms with Crippen LogP contribution in [0.2, 0.25) is 0 Å². The third-order valence-electron chi connectivity index (χ3n) is 5.28. The molecule has 0 aliphatic rings. The summed E-state index contributed by atoms with van der Waals surface area (Å²) in [6.07, 6.45) is -4.99. The summed E-state index contributed by atoms with van der Waals surface area (Å²) in [5, 5.41) is 32.6. The van der Waals surface area contributed by atoms with Gasteiger partial charge in [0.25, 0.3) is 5.69 Å². The molecule has 2 aromatic rings. The van der Waals surface area contributed by atoms with E-state index in [1.165, 1.54) is 12.1 Å². The second kappa shape index (κ2) is 11.8. The van der Waals surface area contributed by atoms with Crippen LogP contribution in [-0.4, -0.2) is 64.6 Å². The van der Waals surface area contributed by atoms with Gasteiger partial charge in [-0.25, -0.2) is 13.2 Å². The third-order valence-corrected chi connectivity index (χ3v) is 6.70. The number of nitrogens with one attached hydrogen (secondary N) is 1. The maximum Gasteiger partial charge on any atom is 0.408 e. The van der Waals surface area contributed by atoms with Crippen molar-refractivity contribution >= 4 is 21.8 Å². The number of amides is 1. The molecule has 1 unspecified atom stereocenters.